The lowest BCUT2D eigenvalue weighted by molar-refractivity contribution is -0.150. The van der Waals surface area contributed by atoms with Crippen molar-refractivity contribution in [2.75, 3.05) is 0 Å². The van der Waals surface area contributed by atoms with E-state index in [2.05, 4.69) is 26.2 Å². The van der Waals surface area contributed by atoms with Gasteiger partial charge in [0.05, 0.1) is 6.10 Å². The van der Waals surface area contributed by atoms with Gasteiger partial charge in [0.15, 0.2) is 0 Å². The Morgan fingerprint density at radius 1 is 1.40 bits per heavy atom. The van der Waals surface area contributed by atoms with Crippen molar-refractivity contribution in [3.05, 3.63) is 14.7 Å². The first-order valence-corrected chi connectivity index (χ1v) is 8.48. The molecule has 1 aliphatic carbocycles. The summed E-state index contributed by atoms with van der Waals surface area (Å²) in [6.07, 6.45) is 2.84. The van der Waals surface area contributed by atoms with Crippen molar-refractivity contribution >= 4 is 27.3 Å². The molecule has 1 aromatic heterocycles. The maximum atomic E-state index is 13.3. The Kier molecular flexibility index (Phi) is 5.92. The molecule has 2 N–H and O–H groups in total. The van der Waals surface area contributed by atoms with Crippen LogP contribution in [0.2, 0.25) is 0 Å². The van der Waals surface area contributed by atoms with Crippen LogP contribution in [0.5, 0.6) is 0 Å². The number of aromatic nitrogens is 1. The van der Waals surface area contributed by atoms with Crippen LogP contribution in [-0.4, -0.2) is 28.7 Å². The second-order valence-electron chi connectivity index (χ2n) is 5.37. The molecule has 1 heterocycles. The summed E-state index contributed by atoms with van der Waals surface area (Å²) in [5.74, 6) is -0.0898. The number of halogens is 2. The van der Waals surface area contributed by atoms with Crippen LogP contribution in [0.3, 0.4) is 0 Å². The summed E-state index contributed by atoms with van der Waals surface area (Å²) in [7, 11) is 0. The summed E-state index contributed by atoms with van der Waals surface area (Å²) >= 11 is 4.55. The average molecular weight is 367 g/mol. The van der Waals surface area contributed by atoms with Crippen molar-refractivity contribution in [1.29, 1.82) is 0 Å². The van der Waals surface area contributed by atoms with Gasteiger partial charge in [-0.05, 0) is 55.5 Å². The Morgan fingerprint density at radius 3 is 2.55 bits per heavy atom. The zero-order chi connectivity index (χ0) is 14.7. The Balaban J connectivity index is 1.80. The molecule has 1 aromatic rings. The average Bonchev–Trinajstić information content (AvgIpc) is 2.69. The molecule has 0 spiro atoms. The minimum atomic E-state index is -0.914. The molecular formula is C13H20BrFN2O2S. The molecule has 2 rings (SSSR count). The quantitative estimate of drug-likeness (QED) is 0.784. The summed E-state index contributed by atoms with van der Waals surface area (Å²) in [6, 6.07) is 0.244. The molecule has 1 aliphatic rings. The van der Waals surface area contributed by atoms with Gasteiger partial charge in [-0.3, -0.25) is 5.32 Å². The molecule has 0 aliphatic heterocycles. The molecule has 114 valence electrons. The van der Waals surface area contributed by atoms with Crippen molar-refractivity contribution in [3.63, 3.8) is 0 Å². The third-order valence-electron chi connectivity index (χ3n) is 3.42. The van der Waals surface area contributed by atoms with E-state index in [0.29, 0.717) is 9.70 Å². The molecule has 0 radical (unpaired) electrons. The number of hydrogen-bond acceptors (Lipinski definition) is 5. The third kappa shape index (κ3) is 4.46. The van der Waals surface area contributed by atoms with Crippen LogP contribution < -0.4 is 5.32 Å². The zero-order valence-corrected chi connectivity index (χ0v) is 14.0. The van der Waals surface area contributed by atoms with Crippen LogP contribution in [-0.2, 0) is 4.74 Å². The standard InChI is InChI=1S/C13H20BrFN2O2S/c1-7(2)19-13(18)16-9-5-3-8(4-6-9)12-17-11(15)10(14)20-12/h7-9,13,16,18H,3-6H2,1-2H3. The molecule has 1 saturated carbocycles. The molecule has 1 atom stereocenters. The normalized spacial score (nSPS) is 25.1. The summed E-state index contributed by atoms with van der Waals surface area (Å²) in [4.78, 5) is 3.97. The lowest BCUT2D eigenvalue weighted by atomic mass is 9.86. The van der Waals surface area contributed by atoms with Crippen molar-refractivity contribution in [3.8, 4) is 0 Å². The lowest BCUT2D eigenvalue weighted by Gasteiger charge is -2.30. The van der Waals surface area contributed by atoms with Gasteiger partial charge in [0.1, 0.15) is 8.79 Å². The molecule has 0 amide bonds. The van der Waals surface area contributed by atoms with Gasteiger partial charge < -0.3 is 9.84 Å². The van der Waals surface area contributed by atoms with E-state index in [0.717, 1.165) is 30.7 Å². The van der Waals surface area contributed by atoms with Crippen molar-refractivity contribution in [1.82, 2.24) is 10.3 Å². The Bertz CT molecular complexity index is 417. The summed E-state index contributed by atoms with van der Waals surface area (Å²) in [6.45, 7) is 3.77. The number of aliphatic hydroxyl groups excluding tert-OH is 1. The molecule has 0 saturated heterocycles. The highest BCUT2D eigenvalue weighted by atomic mass is 79.9. The monoisotopic (exact) mass is 366 g/mol. The van der Waals surface area contributed by atoms with Gasteiger partial charge in [-0.2, -0.15) is 4.39 Å². The van der Waals surface area contributed by atoms with E-state index in [1.54, 1.807) is 0 Å². The topological polar surface area (TPSA) is 54.4 Å². The highest BCUT2D eigenvalue weighted by Gasteiger charge is 2.26. The Labute approximate surface area is 130 Å². The van der Waals surface area contributed by atoms with Crippen molar-refractivity contribution in [2.24, 2.45) is 0 Å². The van der Waals surface area contributed by atoms with Crippen LogP contribution in [0.1, 0.15) is 50.5 Å². The number of rotatable bonds is 5. The zero-order valence-electron chi connectivity index (χ0n) is 11.6. The van der Waals surface area contributed by atoms with E-state index < -0.39 is 12.4 Å². The molecule has 1 unspecified atom stereocenters. The summed E-state index contributed by atoms with van der Waals surface area (Å²) in [5, 5.41) is 13.6. The first-order chi connectivity index (χ1) is 9.45. The number of ether oxygens (including phenoxy) is 1. The van der Waals surface area contributed by atoms with Gasteiger partial charge in [-0.1, -0.05) is 0 Å². The molecule has 1 fully saturated rings. The van der Waals surface area contributed by atoms with Crippen molar-refractivity contribution in [2.45, 2.75) is 64.0 Å². The predicted molar refractivity (Wildman–Crippen MR) is 80.1 cm³/mol. The van der Waals surface area contributed by atoms with E-state index in [-0.39, 0.29) is 12.1 Å². The third-order valence-corrected chi connectivity index (χ3v) is 5.21. The largest absolute Gasteiger partial charge is 0.356 e. The smallest absolute Gasteiger partial charge is 0.238 e. The van der Waals surface area contributed by atoms with Crippen LogP contribution >= 0.6 is 27.3 Å². The second-order valence-corrected chi connectivity index (χ2v) is 7.72. The summed E-state index contributed by atoms with van der Waals surface area (Å²) < 4.78 is 19.0. The van der Waals surface area contributed by atoms with Crippen LogP contribution in [0.25, 0.3) is 0 Å². The van der Waals surface area contributed by atoms with Crippen LogP contribution in [0, 0.1) is 5.95 Å². The van der Waals surface area contributed by atoms with Gasteiger partial charge in [0.2, 0.25) is 12.4 Å². The first kappa shape index (κ1) is 16.3. The number of hydrogen-bond donors (Lipinski definition) is 2. The number of aliphatic hydroxyl groups is 1. The van der Waals surface area contributed by atoms with Gasteiger partial charge in [0.25, 0.3) is 0 Å². The first-order valence-electron chi connectivity index (χ1n) is 6.87. The van der Waals surface area contributed by atoms with Crippen molar-refractivity contribution < 1.29 is 14.2 Å². The van der Waals surface area contributed by atoms with Gasteiger partial charge in [-0.15, -0.1) is 11.3 Å². The van der Waals surface area contributed by atoms with Gasteiger partial charge >= 0.3 is 0 Å². The molecule has 7 heteroatoms. The molecule has 4 nitrogen and oxygen atoms in total. The van der Waals surface area contributed by atoms with Crippen LogP contribution in [0.15, 0.2) is 3.79 Å². The number of thiazole rings is 1. The molecular weight excluding hydrogens is 347 g/mol. The minimum absolute atomic E-state index is 0.00974. The fraction of sp³-hybridized carbons (Fsp3) is 0.769. The molecule has 0 aromatic carbocycles. The highest BCUT2D eigenvalue weighted by Crippen LogP contribution is 2.37. The van der Waals surface area contributed by atoms with Crippen LogP contribution in [0.4, 0.5) is 4.39 Å². The second kappa shape index (κ2) is 7.26. The predicted octanol–water partition coefficient (Wildman–Crippen LogP) is 3.36. The van der Waals surface area contributed by atoms with E-state index in [9.17, 15) is 9.50 Å². The highest BCUT2D eigenvalue weighted by molar-refractivity contribution is 9.11. The number of nitrogens with zero attached hydrogens (tertiary/aromatic N) is 1. The Hall–Kier alpha value is -0.0800. The van der Waals surface area contributed by atoms with Gasteiger partial charge in [0, 0.05) is 12.0 Å². The lowest BCUT2D eigenvalue weighted by Crippen LogP contribution is -2.42. The SMILES string of the molecule is CC(C)OC(O)NC1CCC(c2nc(F)c(Br)s2)CC1. The summed E-state index contributed by atoms with van der Waals surface area (Å²) in [5.41, 5.74) is 0. The minimum Gasteiger partial charge on any atom is -0.356 e. The van der Waals surface area contributed by atoms with E-state index in [1.165, 1.54) is 11.3 Å². The molecule has 0 bridgehead atoms. The maximum Gasteiger partial charge on any atom is 0.238 e. The maximum absolute atomic E-state index is 13.3. The Morgan fingerprint density at radius 2 is 2.05 bits per heavy atom. The van der Waals surface area contributed by atoms with E-state index >= 15 is 0 Å². The molecule has 20 heavy (non-hydrogen) atoms. The van der Waals surface area contributed by atoms with E-state index in [1.807, 2.05) is 13.8 Å². The fourth-order valence-corrected chi connectivity index (χ4v) is 3.91. The number of nitrogens with one attached hydrogen (secondary N) is 1. The fourth-order valence-electron chi connectivity index (χ4n) is 2.48. The van der Waals surface area contributed by atoms with Gasteiger partial charge in [-0.25, -0.2) is 4.98 Å². The van der Waals surface area contributed by atoms with E-state index in [4.69, 9.17) is 4.74 Å².